The minimum Gasteiger partial charge on any atom is -0.394 e. The van der Waals surface area contributed by atoms with Gasteiger partial charge in [-0.1, -0.05) is 0 Å². The fourth-order valence-corrected chi connectivity index (χ4v) is 1.36. The monoisotopic (exact) mass is 223 g/mol. The Morgan fingerprint density at radius 1 is 1.33 bits per heavy atom. The lowest BCUT2D eigenvalue weighted by Gasteiger charge is -2.43. The molecule has 1 saturated heterocycles. The average Bonchev–Trinajstić information content (AvgIpc) is 2.20. The molecular formula is C7H13NO7. The van der Waals surface area contributed by atoms with Gasteiger partial charge < -0.3 is 36.0 Å². The number of primary amides is 1. The van der Waals surface area contributed by atoms with Gasteiger partial charge in [0.05, 0.1) is 6.61 Å². The van der Waals surface area contributed by atoms with Gasteiger partial charge in [-0.2, -0.15) is 0 Å². The SMILES string of the molecule is NC(=O)[C@@]1(O)O[C@H](CO)[C@@H](O)[C@H](O)[C@H]1O. The molecular weight excluding hydrogens is 210 g/mol. The van der Waals surface area contributed by atoms with Gasteiger partial charge >= 0.3 is 0 Å². The highest BCUT2D eigenvalue weighted by Gasteiger charge is 2.56. The van der Waals surface area contributed by atoms with Gasteiger partial charge in [0.2, 0.25) is 0 Å². The summed E-state index contributed by atoms with van der Waals surface area (Å²) in [7, 11) is 0. The zero-order valence-corrected chi connectivity index (χ0v) is 7.65. The van der Waals surface area contributed by atoms with Gasteiger partial charge in [0.1, 0.15) is 24.4 Å². The Balaban J connectivity index is 2.97. The van der Waals surface area contributed by atoms with Crippen molar-refractivity contribution >= 4 is 5.91 Å². The zero-order valence-electron chi connectivity index (χ0n) is 7.65. The molecule has 0 radical (unpaired) electrons. The summed E-state index contributed by atoms with van der Waals surface area (Å²) in [5.41, 5.74) is 4.77. The van der Waals surface area contributed by atoms with Gasteiger partial charge in [-0.05, 0) is 0 Å². The van der Waals surface area contributed by atoms with Crippen molar-refractivity contribution in [2.75, 3.05) is 6.61 Å². The van der Waals surface area contributed by atoms with E-state index in [0.29, 0.717) is 0 Å². The van der Waals surface area contributed by atoms with Gasteiger partial charge in [0, 0.05) is 0 Å². The summed E-state index contributed by atoms with van der Waals surface area (Å²) in [4.78, 5) is 10.8. The fraction of sp³-hybridized carbons (Fsp3) is 0.857. The third kappa shape index (κ3) is 1.83. The van der Waals surface area contributed by atoms with E-state index in [1.165, 1.54) is 0 Å². The maximum Gasteiger partial charge on any atom is 0.280 e. The predicted molar refractivity (Wildman–Crippen MR) is 44.1 cm³/mol. The Bertz CT molecular complexity index is 258. The second-order valence-electron chi connectivity index (χ2n) is 3.33. The summed E-state index contributed by atoms with van der Waals surface area (Å²) in [6.45, 7) is -0.749. The van der Waals surface area contributed by atoms with E-state index in [1.54, 1.807) is 0 Å². The van der Waals surface area contributed by atoms with E-state index in [2.05, 4.69) is 4.74 Å². The molecule has 1 fully saturated rings. The van der Waals surface area contributed by atoms with Gasteiger partial charge in [0.25, 0.3) is 11.7 Å². The molecule has 1 rings (SSSR count). The topological polar surface area (TPSA) is 153 Å². The number of carbonyl (C=O) groups excluding carboxylic acids is 1. The van der Waals surface area contributed by atoms with Crippen LogP contribution in [-0.2, 0) is 9.53 Å². The second-order valence-corrected chi connectivity index (χ2v) is 3.33. The highest BCUT2D eigenvalue weighted by molar-refractivity contribution is 5.82. The number of ether oxygens (including phenoxy) is 1. The lowest BCUT2D eigenvalue weighted by molar-refractivity contribution is -0.330. The Kier molecular flexibility index (Phi) is 3.28. The number of aliphatic hydroxyl groups excluding tert-OH is 4. The number of nitrogens with two attached hydrogens (primary N) is 1. The Hall–Kier alpha value is -0.770. The minimum absolute atomic E-state index is 0.749. The van der Waals surface area contributed by atoms with Crippen LogP contribution >= 0.6 is 0 Å². The first-order chi connectivity index (χ1) is 6.84. The van der Waals surface area contributed by atoms with Crippen molar-refractivity contribution in [3.8, 4) is 0 Å². The molecule has 1 aliphatic rings. The van der Waals surface area contributed by atoms with Crippen LogP contribution in [0.25, 0.3) is 0 Å². The van der Waals surface area contributed by atoms with Crippen molar-refractivity contribution in [2.24, 2.45) is 5.73 Å². The van der Waals surface area contributed by atoms with Crippen LogP contribution in [0.5, 0.6) is 0 Å². The molecule has 88 valence electrons. The van der Waals surface area contributed by atoms with Crippen LogP contribution in [0.2, 0.25) is 0 Å². The Morgan fingerprint density at radius 2 is 1.87 bits per heavy atom. The van der Waals surface area contributed by atoms with Crippen LogP contribution < -0.4 is 5.73 Å². The molecule has 15 heavy (non-hydrogen) atoms. The van der Waals surface area contributed by atoms with E-state index >= 15 is 0 Å². The highest BCUT2D eigenvalue weighted by Crippen LogP contribution is 2.27. The molecule has 0 aromatic carbocycles. The Labute approximate surface area is 84.5 Å². The molecule has 7 N–H and O–H groups in total. The fourth-order valence-electron chi connectivity index (χ4n) is 1.36. The molecule has 8 heteroatoms. The maximum atomic E-state index is 10.8. The van der Waals surface area contributed by atoms with E-state index in [1.807, 2.05) is 0 Å². The zero-order chi connectivity index (χ0) is 11.8. The van der Waals surface area contributed by atoms with Crippen LogP contribution in [0.1, 0.15) is 0 Å². The van der Waals surface area contributed by atoms with Crippen molar-refractivity contribution < 1.29 is 35.1 Å². The van der Waals surface area contributed by atoms with Crippen LogP contribution in [-0.4, -0.2) is 68.2 Å². The summed E-state index contributed by atoms with van der Waals surface area (Å²) < 4.78 is 4.55. The molecule has 8 nitrogen and oxygen atoms in total. The lowest BCUT2D eigenvalue weighted by Crippen LogP contribution is -2.69. The molecule has 0 unspecified atom stereocenters. The smallest absolute Gasteiger partial charge is 0.280 e. The first kappa shape index (κ1) is 12.3. The molecule has 0 bridgehead atoms. The molecule has 0 saturated carbocycles. The van der Waals surface area contributed by atoms with E-state index < -0.39 is 42.7 Å². The molecule has 1 amide bonds. The van der Waals surface area contributed by atoms with Gasteiger partial charge in [-0.3, -0.25) is 4.79 Å². The molecule has 0 aliphatic carbocycles. The molecule has 0 aromatic rings. The molecule has 1 heterocycles. The number of aliphatic hydroxyl groups is 5. The van der Waals surface area contributed by atoms with Crippen LogP contribution in [0.3, 0.4) is 0 Å². The van der Waals surface area contributed by atoms with Gasteiger partial charge in [-0.15, -0.1) is 0 Å². The van der Waals surface area contributed by atoms with Crippen molar-refractivity contribution in [3.63, 3.8) is 0 Å². The van der Waals surface area contributed by atoms with Crippen LogP contribution in [0, 0.1) is 0 Å². The third-order valence-electron chi connectivity index (χ3n) is 2.32. The average molecular weight is 223 g/mol. The number of hydrogen-bond donors (Lipinski definition) is 6. The van der Waals surface area contributed by atoms with E-state index in [4.69, 9.17) is 10.8 Å². The van der Waals surface area contributed by atoms with E-state index in [9.17, 15) is 25.2 Å². The highest BCUT2D eigenvalue weighted by atomic mass is 16.7. The van der Waals surface area contributed by atoms with Crippen LogP contribution in [0.4, 0.5) is 0 Å². The summed E-state index contributed by atoms with van der Waals surface area (Å²) in [6.07, 6.45) is -6.94. The van der Waals surface area contributed by atoms with Gasteiger partial charge in [-0.25, -0.2) is 0 Å². The largest absolute Gasteiger partial charge is 0.394 e. The number of hydrogen-bond acceptors (Lipinski definition) is 7. The summed E-state index contributed by atoms with van der Waals surface area (Å²) in [6, 6.07) is 0. The quantitative estimate of drug-likeness (QED) is 0.276. The van der Waals surface area contributed by atoms with E-state index in [-0.39, 0.29) is 0 Å². The van der Waals surface area contributed by atoms with Crippen LogP contribution in [0.15, 0.2) is 0 Å². The minimum atomic E-state index is -2.81. The first-order valence-corrected chi connectivity index (χ1v) is 4.19. The molecule has 0 aromatic heterocycles. The third-order valence-corrected chi connectivity index (χ3v) is 2.32. The standard InChI is InChI=1S/C7H13NO7/c8-6(13)7(14)5(12)4(11)3(10)2(1-9)15-7/h2-5,9-12,14H,1H2,(H2,8,13)/t2-,3-,4+,5-,7+/m1/s1. The summed E-state index contributed by atoms with van der Waals surface area (Å²) >= 11 is 0. The van der Waals surface area contributed by atoms with Crippen molar-refractivity contribution in [1.82, 2.24) is 0 Å². The second kappa shape index (κ2) is 4.00. The predicted octanol–water partition coefficient (Wildman–Crippen LogP) is -4.37. The number of rotatable bonds is 2. The lowest BCUT2D eigenvalue weighted by atomic mass is 9.92. The Morgan fingerprint density at radius 3 is 2.27 bits per heavy atom. The normalized spacial score (nSPS) is 46.5. The number of carbonyl (C=O) groups is 1. The first-order valence-electron chi connectivity index (χ1n) is 4.19. The molecule has 1 aliphatic heterocycles. The molecule has 0 spiro atoms. The van der Waals surface area contributed by atoms with E-state index in [0.717, 1.165) is 0 Å². The van der Waals surface area contributed by atoms with Gasteiger partial charge in [0.15, 0.2) is 0 Å². The maximum absolute atomic E-state index is 10.8. The van der Waals surface area contributed by atoms with Crippen molar-refractivity contribution in [2.45, 2.75) is 30.2 Å². The number of amides is 1. The van der Waals surface area contributed by atoms with Crippen molar-refractivity contribution in [1.29, 1.82) is 0 Å². The van der Waals surface area contributed by atoms with Crippen molar-refractivity contribution in [3.05, 3.63) is 0 Å². The molecule has 5 atom stereocenters. The summed E-state index contributed by atoms with van der Waals surface area (Å²) in [5, 5.41) is 46.0. The summed E-state index contributed by atoms with van der Waals surface area (Å²) in [5.74, 6) is -4.23.